The summed E-state index contributed by atoms with van der Waals surface area (Å²) in [6.07, 6.45) is 6.29. The topological polar surface area (TPSA) is 96.4 Å². The SMILES string of the molecule is C[C@@H]1CN([C@@H](C)CO)S(=O)(=O)c2ccc(C3=CCCC3)cc2O[C@H]1CN(C)C(=O)C1CCOCC1. The molecule has 1 amide bonds. The Labute approximate surface area is 208 Å². The van der Waals surface area contributed by atoms with E-state index in [1.807, 2.05) is 19.1 Å². The molecule has 1 aliphatic carbocycles. The van der Waals surface area contributed by atoms with Crippen LogP contribution in [0.25, 0.3) is 5.57 Å². The first kappa shape index (κ1) is 26.1. The summed E-state index contributed by atoms with van der Waals surface area (Å²) < 4.78 is 40.5. The normalized spacial score (nSPS) is 26.1. The van der Waals surface area contributed by atoms with Crippen molar-refractivity contribution >= 4 is 21.5 Å². The van der Waals surface area contributed by atoms with Gasteiger partial charge in [0.15, 0.2) is 0 Å². The summed E-state index contributed by atoms with van der Waals surface area (Å²) in [4.78, 5) is 14.9. The van der Waals surface area contributed by atoms with Crippen LogP contribution in [0.2, 0.25) is 0 Å². The van der Waals surface area contributed by atoms with Crippen molar-refractivity contribution in [1.82, 2.24) is 9.21 Å². The fourth-order valence-electron chi connectivity index (χ4n) is 5.19. The van der Waals surface area contributed by atoms with Gasteiger partial charge in [-0.15, -0.1) is 0 Å². The minimum Gasteiger partial charge on any atom is -0.487 e. The average molecular weight is 507 g/mol. The van der Waals surface area contributed by atoms with Crippen LogP contribution in [0.5, 0.6) is 5.75 Å². The van der Waals surface area contributed by atoms with Crippen molar-refractivity contribution in [2.75, 3.05) is 40.0 Å². The Morgan fingerprint density at radius 3 is 2.69 bits per heavy atom. The molecule has 1 fully saturated rings. The number of ether oxygens (including phenoxy) is 2. The van der Waals surface area contributed by atoms with Crippen molar-refractivity contribution in [3.63, 3.8) is 0 Å². The third-order valence-electron chi connectivity index (χ3n) is 7.48. The van der Waals surface area contributed by atoms with E-state index in [2.05, 4.69) is 6.08 Å². The maximum Gasteiger partial charge on any atom is 0.247 e. The van der Waals surface area contributed by atoms with Gasteiger partial charge in [0.1, 0.15) is 16.7 Å². The Morgan fingerprint density at radius 1 is 1.29 bits per heavy atom. The first-order chi connectivity index (χ1) is 16.7. The van der Waals surface area contributed by atoms with Crippen molar-refractivity contribution in [2.24, 2.45) is 11.8 Å². The highest BCUT2D eigenvalue weighted by Gasteiger charge is 2.39. The molecule has 0 spiro atoms. The van der Waals surface area contributed by atoms with Gasteiger partial charge in [-0.1, -0.05) is 19.1 Å². The van der Waals surface area contributed by atoms with Crippen molar-refractivity contribution in [3.8, 4) is 5.75 Å². The number of aliphatic hydroxyl groups is 1. The van der Waals surface area contributed by atoms with Gasteiger partial charge in [0.05, 0.1) is 13.2 Å². The molecule has 2 aliphatic heterocycles. The van der Waals surface area contributed by atoms with Crippen LogP contribution >= 0.6 is 0 Å². The maximum atomic E-state index is 13.6. The van der Waals surface area contributed by atoms with E-state index >= 15 is 0 Å². The minimum absolute atomic E-state index is 0.0582. The van der Waals surface area contributed by atoms with Crippen molar-refractivity contribution < 1.29 is 27.8 Å². The van der Waals surface area contributed by atoms with E-state index in [0.717, 1.165) is 24.8 Å². The Kier molecular flexibility index (Phi) is 8.20. The molecule has 9 heteroatoms. The molecule has 1 saturated heterocycles. The predicted molar refractivity (Wildman–Crippen MR) is 133 cm³/mol. The Bertz CT molecular complexity index is 1050. The fourth-order valence-corrected chi connectivity index (χ4v) is 7.02. The van der Waals surface area contributed by atoms with Crippen molar-refractivity contribution in [2.45, 2.75) is 63.0 Å². The average Bonchev–Trinajstić information content (AvgIpc) is 3.40. The lowest BCUT2D eigenvalue weighted by Crippen LogP contribution is -2.50. The number of aliphatic hydroxyl groups excluding tert-OH is 1. The molecule has 0 saturated carbocycles. The molecular weight excluding hydrogens is 468 g/mol. The fraction of sp³-hybridized carbons (Fsp3) is 0.654. The van der Waals surface area contributed by atoms with E-state index in [-0.39, 0.29) is 35.8 Å². The molecule has 4 rings (SSSR count). The largest absolute Gasteiger partial charge is 0.487 e. The summed E-state index contributed by atoms with van der Waals surface area (Å²) in [6, 6.07) is 4.73. The number of carbonyl (C=O) groups excluding carboxylic acids is 1. The van der Waals surface area contributed by atoms with Gasteiger partial charge in [0.2, 0.25) is 15.9 Å². The van der Waals surface area contributed by atoms with Crippen LogP contribution in [0.1, 0.15) is 51.5 Å². The monoisotopic (exact) mass is 506 g/mol. The van der Waals surface area contributed by atoms with Gasteiger partial charge in [-0.05, 0) is 62.3 Å². The van der Waals surface area contributed by atoms with E-state index in [0.29, 0.717) is 38.3 Å². The van der Waals surface area contributed by atoms with Gasteiger partial charge < -0.3 is 19.5 Å². The van der Waals surface area contributed by atoms with Crippen molar-refractivity contribution in [3.05, 3.63) is 29.8 Å². The molecule has 1 N–H and O–H groups in total. The molecule has 1 aromatic carbocycles. The highest BCUT2D eigenvalue weighted by Crippen LogP contribution is 2.37. The van der Waals surface area contributed by atoms with E-state index in [1.165, 1.54) is 9.88 Å². The summed E-state index contributed by atoms with van der Waals surface area (Å²) >= 11 is 0. The summed E-state index contributed by atoms with van der Waals surface area (Å²) in [5.41, 5.74) is 2.17. The molecule has 0 unspecified atom stereocenters. The molecule has 1 aromatic rings. The van der Waals surface area contributed by atoms with Gasteiger partial charge in [-0.3, -0.25) is 4.79 Å². The van der Waals surface area contributed by atoms with Crippen LogP contribution in [-0.4, -0.2) is 80.7 Å². The van der Waals surface area contributed by atoms with Gasteiger partial charge in [0, 0.05) is 44.7 Å². The lowest BCUT2D eigenvalue weighted by molar-refractivity contribution is -0.138. The third kappa shape index (κ3) is 5.58. The van der Waals surface area contributed by atoms with Crippen LogP contribution in [0.3, 0.4) is 0 Å². The second-order valence-electron chi connectivity index (χ2n) is 10.1. The van der Waals surface area contributed by atoms with E-state index in [4.69, 9.17) is 9.47 Å². The first-order valence-corrected chi connectivity index (χ1v) is 14.1. The Balaban J connectivity index is 1.67. The maximum absolute atomic E-state index is 13.6. The number of hydrogen-bond acceptors (Lipinski definition) is 6. The number of nitrogens with zero attached hydrogens (tertiary/aromatic N) is 2. The zero-order chi connectivity index (χ0) is 25.2. The van der Waals surface area contributed by atoms with Crippen LogP contribution in [0.15, 0.2) is 29.2 Å². The molecular formula is C26H38N2O6S. The Hall–Kier alpha value is -1.94. The number of likely N-dealkylation sites (N-methyl/N-ethyl adjacent to an activating group) is 1. The smallest absolute Gasteiger partial charge is 0.247 e. The van der Waals surface area contributed by atoms with E-state index in [9.17, 15) is 18.3 Å². The van der Waals surface area contributed by atoms with Crippen LogP contribution in [0.4, 0.5) is 0 Å². The van der Waals surface area contributed by atoms with Crippen LogP contribution in [0, 0.1) is 11.8 Å². The van der Waals surface area contributed by atoms with Gasteiger partial charge in [0.25, 0.3) is 0 Å². The van der Waals surface area contributed by atoms with Crippen LogP contribution < -0.4 is 4.74 Å². The van der Waals surface area contributed by atoms with Gasteiger partial charge in [-0.2, -0.15) is 4.31 Å². The van der Waals surface area contributed by atoms with Crippen molar-refractivity contribution in [1.29, 1.82) is 0 Å². The molecule has 3 aliphatic rings. The van der Waals surface area contributed by atoms with Gasteiger partial charge >= 0.3 is 0 Å². The number of amides is 1. The molecule has 0 aromatic heterocycles. The van der Waals surface area contributed by atoms with Gasteiger partial charge in [-0.25, -0.2) is 8.42 Å². The molecule has 3 atom stereocenters. The number of benzene rings is 1. The second-order valence-corrected chi connectivity index (χ2v) is 12.0. The number of rotatable bonds is 6. The zero-order valence-corrected chi connectivity index (χ0v) is 21.8. The number of carbonyl (C=O) groups is 1. The summed E-state index contributed by atoms with van der Waals surface area (Å²) in [7, 11) is -2.09. The Morgan fingerprint density at radius 2 is 2.03 bits per heavy atom. The molecule has 194 valence electrons. The molecule has 2 heterocycles. The highest BCUT2D eigenvalue weighted by atomic mass is 32.2. The number of fused-ring (bicyclic) bond motifs is 1. The number of sulfonamides is 1. The van der Waals surface area contributed by atoms with Crippen LogP contribution in [-0.2, 0) is 19.6 Å². The lowest BCUT2D eigenvalue weighted by atomic mass is 9.97. The third-order valence-corrected chi connectivity index (χ3v) is 9.50. The number of allylic oxidation sites excluding steroid dienone is 2. The zero-order valence-electron chi connectivity index (χ0n) is 21.0. The highest BCUT2D eigenvalue weighted by molar-refractivity contribution is 7.89. The standard InChI is InChI=1S/C26H38N2O6S/c1-18-15-28(19(2)17-29)35(31,32)25-9-8-22(20-6-4-5-7-20)14-23(25)34-24(18)16-27(3)26(30)21-10-12-33-13-11-21/h6,8-9,14,18-19,21,24,29H,4-5,7,10-13,15-17H2,1-3H3/t18-,19+,24+/m1/s1. The summed E-state index contributed by atoms with van der Waals surface area (Å²) in [5.74, 6) is 0.127. The first-order valence-electron chi connectivity index (χ1n) is 12.7. The molecule has 8 nitrogen and oxygen atoms in total. The van der Waals surface area contributed by atoms with E-state index < -0.39 is 22.2 Å². The summed E-state index contributed by atoms with van der Waals surface area (Å²) in [5, 5.41) is 9.82. The van der Waals surface area contributed by atoms with E-state index in [1.54, 1.807) is 24.9 Å². The molecule has 0 radical (unpaired) electrons. The minimum atomic E-state index is -3.88. The summed E-state index contributed by atoms with van der Waals surface area (Å²) in [6.45, 7) is 5.11. The molecule has 0 bridgehead atoms. The predicted octanol–water partition coefficient (Wildman–Crippen LogP) is 2.91. The quantitative estimate of drug-likeness (QED) is 0.637. The second kappa shape index (κ2) is 11.0. The molecule has 35 heavy (non-hydrogen) atoms. The lowest BCUT2D eigenvalue weighted by Gasteiger charge is -2.38. The number of hydrogen-bond donors (Lipinski definition) is 1.